The molecular formula is C23H21F2N3O5S2. The molecule has 2 aromatic carbocycles. The van der Waals surface area contributed by atoms with E-state index in [1.54, 1.807) is 19.1 Å². The molecule has 2 N–H and O–H groups in total. The zero-order valence-electron chi connectivity index (χ0n) is 18.9. The average molecular weight is 522 g/mol. The Morgan fingerprint density at radius 1 is 1.11 bits per heavy atom. The molecule has 0 aliphatic rings. The molecule has 1 aromatic heterocycles. The van der Waals surface area contributed by atoms with E-state index in [-0.39, 0.29) is 21.8 Å². The zero-order chi connectivity index (χ0) is 26.1. The summed E-state index contributed by atoms with van der Waals surface area (Å²) in [6, 6.07) is 7.77. The number of allylic oxidation sites excluding steroid dienone is 1. The maximum atomic E-state index is 15.0. The van der Waals surface area contributed by atoms with E-state index in [9.17, 15) is 30.4 Å². The quantitative estimate of drug-likeness (QED) is 0.340. The fourth-order valence-corrected chi connectivity index (χ4v) is 4.56. The molecule has 0 saturated heterocycles. The summed E-state index contributed by atoms with van der Waals surface area (Å²) in [6.45, 7) is 5.09. The van der Waals surface area contributed by atoms with Crippen LogP contribution in [0.3, 0.4) is 0 Å². The van der Waals surface area contributed by atoms with Gasteiger partial charge < -0.3 is 4.98 Å². The van der Waals surface area contributed by atoms with Crippen LogP contribution in [-0.4, -0.2) is 46.8 Å². The van der Waals surface area contributed by atoms with Crippen molar-refractivity contribution in [2.75, 3.05) is 17.2 Å². The summed E-state index contributed by atoms with van der Waals surface area (Å²) < 4.78 is 78.2. The largest absolute Gasteiger partial charge is 0.345 e. The first-order valence-electron chi connectivity index (χ1n) is 9.90. The molecule has 8 nitrogen and oxygen atoms in total. The second-order valence-electron chi connectivity index (χ2n) is 7.74. The SMILES string of the molecule is C=Nc1[nH]cc(C(=O)c2c(F)ccc(NS(C)(=O)=O)c2F)c1/C=C(\C)c1cccc(S(C)(=O)=O)c1. The van der Waals surface area contributed by atoms with Crippen molar-refractivity contribution >= 4 is 55.5 Å². The van der Waals surface area contributed by atoms with Gasteiger partial charge >= 0.3 is 0 Å². The van der Waals surface area contributed by atoms with Crippen LogP contribution in [0.5, 0.6) is 0 Å². The molecule has 3 rings (SSSR count). The van der Waals surface area contributed by atoms with E-state index in [2.05, 4.69) is 16.7 Å². The predicted octanol–water partition coefficient (Wildman–Crippen LogP) is 4.19. The minimum Gasteiger partial charge on any atom is -0.345 e. The monoisotopic (exact) mass is 521 g/mol. The molecule has 0 saturated carbocycles. The highest BCUT2D eigenvalue weighted by Gasteiger charge is 2.26. The van der Waals surface area contributed by atoms with Gasteiger partial charge in [0.15, 0.2) is 15.7 Å². The molecule has 184 valence electrons. The Labute approximate surface area is 201 Å². The number of anilines is 1. The molecular weight excluding hydrogens is 500 g/mol. The van der Waals surface area contributed by atoms with Gasteiger partial charge in [0.25, 0.3) is 0 Å². The topological polar surface area (TPSA) is 126 Å². The van der Waals surface area contributed by atoms with E-state index in [0.29, 0.717) is 11.1 Å². The van der Waals surface area contributed by atoms with Gasteiger partial charge in [-0.15, -0.1) is 0 Å². The van der Waals surface area contributed by atoms with Crippen molar-refractivity contribution in [2.24, 2.45) is 4.99 Å². The molecule has 35 heavy (non-hydrogen) atoms. The van der Waals surface area contributed by atoms with Crippen LogP contribution in [-0.2, 0) is 19.9 Å². The molecule has 0 atom stereocenters. The van der Waals surface area contributed by atoms with Crippen LogP contribution in [0.4, 0.5) is 20.3 Å². The van der Waals surface area contributed by atoms with E-state index >= 15 is 0 Å². The second kappa shape index (κ2) is 9.55. The lowest BCUT2D eigenvalue weighted by Crippen LogP contribution is -2.15. The number of rotatable bonds is 8. The molecule has 0 aliphatic heterocycles. The lowest BCUT2D eigenvalue weighted by Gasteiger charge is -2.10. The molecule has 0 unspecified atom stereocenters. The van der Waals surface area contributed by atoms with Crippen LogP contribution in [0.25, 0.3) is 11.6 Å². The van der Waals surface area contributed by atoms with Gasteiger partial charge in [-0.2, -0.15) is 0 Å². The summed E-state index contributed by atoms with van der Waals surface area (Å²) in [5.41, 5.74) is -0.477. The number of hydrogen-bond donors (Lipinski definition) is 2. The third kappa shape index (κ3) is 5.72. The number of aromatic amines is 1. The highest BCUT2D eigenvalue weighted by molar-refractivity contribution is 7.92. The second-order valence-corrected chi connectivity index (χ2v) is 11.5. The lowest BCUT2D eigenvalue weighted by molar-refractivity contribution is 0.103. The van der Waals surface area contributed by atoms with Crippen LogP contribution >= 0.6 is 0 Å². The zero-order valence-corrected chi connectivity index (χ0v) is 20.5. The molecule has 0 radical (unpaired) electrons. The molecule has 0 spiro atoms. The predicted molar refractivity (Wildman–Crippen MR) is 131 cm³/mol. The van der Waals surface area contributed by atoms with Crippen molar-refractivity contribution in [3.05, 3.63) is 76.5 Å². The van der Waals surface area contributed by atoms with Crippen molar-refractivity contribution in [1.82, 2.24) is 4.98 Å². The highest BCUT2D eigenvalue weighted by atomic mass is 32.2. The van der Waals surface area contributed by atoms with E-state index in [0.717, 1.165) is 24.6 Å². The van der Waals surface area contributed by atoms with Crippen molar-refractivity contribution < 1.29 is 30.4 Å². The Hall–Kier alpha value is -3.64. The Balaban J connectivity index is 2.14. The van der Waals surface area contributed by atoms with Crippen LogP contribution in [0.2, 0.25) is 0 Å². The van der Waals surface area contributed by atoms with Crippen molar-refractivity contribution in [1.29, 1.82) is 0 Å². The van der Waals surface area contributed by atoms with Crippen LogP contribution < -0.4 is 4.72 Å². The summed E-state index contributed by atoms with van der Waals surface area (Å²) in [5, 5.41) is 0. The Kier molecular flexibility index (Phi) is 7.08. The molecule has 3 aromatic rings. The Bertz CT molecular complexity index is 1590. The number of ketones is 1. The molecule has 0 aliphatic carbocycles. The normalized spacial score (nSPS) is 12.4. The first kappa shape index (κ1) is 26.0. The number of nitrogens with zero attached hydrogens (tertiary/aromatic N) is 1. The first-order chi connectivity index (χ1) is 16.2. The summed E-state index contributed by atoms with van der Waals surface area (Å²) in [6.07, 6.45) is 4.57. The molecule has 0 fully saturated rings. The number of hydrogen-bond acceptors (Lipinski definition) is 6. The molecule has 0 bridgehead atoms. The molecule has 1 heterocycles. The van der Waals surface area contributed by atoms with Crippen LogP contribution in [0.15, 0.2) is 52.5 Å². The number of carbonyl (C=O) groups is 1. The fourth-order valence-electron chi connectivity index (χ4n) is 3.33. The number of benzene rings is 2. The van der Waals surface area contributed by atoms with Gasteiger partial charge in [0.2, 0.25) is 15.8 Å². The third-order valence-corrected chi connectivity index (χ3v) is 6.69. The van der Waals surface area contributed by atoms with E-state index in [1.165, 1.54) is 24.4 Å². The summed E-state index contributed by atoms with van der Waals surface area (Å²) in [4.78, 5) is 19.8. The van der Waals surface area contributed by atoms with E-state index in [4.69, 9.17) is 0 Å². The van der Waals surface area contributed by atoms with E-state index in [1.807, 2.05) is 4.72 Å². The van der Waals surface area contributed by atoms with Crippen LogP contribution in [0, 0.1) is 11.6 Å². The average Bonchev–Trinajstić information content (AvgIpc) is 3.17. The Morgan fingerprint density at radius 2 is 1.80 bits per heavy atom. The van der Waals surface area contributed by atoms with Crippen molar-refractivity contribution in [2.45, 2.75) is 11.8 Å². The van der Waals surface area contributed by atoms with Crippen LogP contribution in [0.1, 0.15) is 34.0 Å². The number of aliphatic imine (C=N–C) groups is 1. The summed E-state index contributed by atoms with van der Waals surface area (Å²) >= 11 is 0. The van der Waals surface area contributed by atoms with Crippen molar-refractivity contribution in [3.63, 3.8) is 0 Å². The molecule has 0 amide bonds. The number of halogens is 2. The number of carbonyl (C=O) groups excluding carboxylic acids is 1. The third-order valence-electron chi connectivity index (χ3n) is 4.99. The lowest BCUT2D eigenvalue weighted by atomic mass is 9.97. The maximum Gasteiger partial charge on any atom is 0.229 e. The van der Waals surface area contributed by atoms with Gasteiger partial charge in [0.05, 0.1) is 22.4 Å². The fraction of sp³-hybridized carbons (Fsp3) is 0.130. The minimum atomic E-state index is -3.89. The standard InChI is InChI=1S/C23H21F2N3O5S2/c1-13(14-6-5-7-15(11-14)34(3,30)31)10-16-17(12-27-23(16)26-2)22(29)20-18(24)8-9-19(21(20)25)28-35(4,32)33/h5-12,27-28H,2H2,1,3-4H3/b13-10+. The first-order valence-corrected chi connectivity index (χ1v) is 13.7. The van der Waals surface area contributed by atoms with Crippen molar-refractivity contribution in [3.8, 4) is 0 Å². The molecule has 12 heteroatoms. The number of sulfonamides is 1. The number of sulfone groups is 1. The van der Waals surface area contributed by atoms with Gasteiger partial charge in [-0.25, -0.2) is 30.6 Å². The maximum absolute atomic E-state index is 15.0. The number of aromatic nitrogens is 1. The van der Waals surface area contributed by atoms with E-state index < -0.39 is 48.5 Å². The Morgan fingerprint density at radius 3 is 2.40 bits per heavy atom. The smallest absolute Gasteiger partial charge is 0.229 e. The van der Waals surface area contributed by atoms with Gasteiger partial charge in [-0.3, -0.25) is 9.52 Å². The van der Waals surface area contributed by atoms with Gasteiger partial charge in [-0.1, -0.05) is 12.1 Å². The summed E-state index contributed by atoms with van der Waals surface area (Å²) in [7, 11) is -7.36. The van der Waals surface area contributed by atoms with Gasteiger partial charge in [-0.05, 0) is 55.1 Å². The van der Waals surface area contributed by atoms with Gasteiger partial charge in [0, 0.05) is 23.6 Å². The number of H-pyrrole nitrogens is 1. The summed E-state index contributed by atoms with van der Waals surface area (Å²) in [5.74, 6) is -3.49. The highest BCUT2D eigenvalue weighted by Crippen LogP contribution is 2.32. The minimum absolute atomic E-state index is 0.0921. The number of nitrogens with one attached hydrogen (secondary N) is 2. The van der Waals surface area contributed by atoms with Gasteiger partial charge in [0.1, 0.15) is 11.6 Å².